The van der Waals surface area contributed by atoms with Crippen molar-refractivity contribution in [3.8, 4) is 11.1 Å². The maximum atomic E-state index is 13.6. The van der Waals surface area contributed by atoms with E-state index in [0.29, 0.717) is 17.0 Å². The summed E-state index contributed by atoms with van der Waals surface area (Å²) in [5.74, 6) is -0.114. The van der Waals surface area contributed by atoms with Gasteiger partial charge in [0.05, 0.1) is 19.6 Å². The minimum absolute atomic E-state index is 0. The van der Waals surface area contributed by atoms with E-state index in [9.17, 15) is 9.90 Å². The lowest BCUT2D eigenvalue weighted by atomic mass is 9.82. The normalized spacial score (nSPS) is 25.8. The minimum Gasteiger partial charge on any atom is -1.00 e. The van der Waals surface area contributed by atoms with Gasteiger partial charge in [0.25, 0.3) is 0 Å². The van der Waals surface area contributed by atoms with Gasteiger partial charge in [0, 0.05) is 41.2 Å². The standard InChI is InChI=1S/C28H30NO3S.BrH/c30-27(28(31)24-11-3-1-9-22(24)23-10-2-4-12-25(23)28)32-26-19-29(16-13-20(26)14-17-29)15-5-7-21-8-6-18-33-21;/h1-4,6,8-12,18,20,26,31H,5,7,13-17,19H2;1H/q+1;/p-1/t20?,26-,29?;/m0./s1. The zero-order chi connectivity index (χ0) is 22.5. The van der Waals surface area contributed by atoms with Gasteiger partial charge in [-0.15, -0.1) is 11.3 Å². The van der Waals surface area contributed by atoms with Gasteiger partial charge in [-0.3, -0.25) is 0 Å². The lowest BCUT2D eigenvalue weighted by Crippen LogP contribution is -3.00. The van der Waals surface area contributed by atoms with Crippen LogP contribution in [-0.2, 0) is 21.6 Å². The zero-order valence-corrected chi connectivity index (χ0v) is 21.6. The Kier molecular flexibility index (Phi) is 6.44. The van der Waals surface area contributed by atoms with Crippen molar-refractivity contribution >= 4 is 17.3 Å². The fourth-order valence-corrected chi connectivity index (χ4v) is 7.12. The smallest absolute Gasteiger partial charge is 0.348 e. The van der Waals surface area contributed by atoms with Crippen molar-refractivity contribution in [1.29, 1.82) is 0 Å². The first-order valence-corrected chi connectivity index (χ1v) is 13.0. The van der Waals surface area contributed by atoms with Gasteiger partial charge in [0.15, 0.2) is 6.10 Å². The average molecular weight is 541 g/mol. The molecule has 34 heavy (non-hydrogen) atoms. The van der Waals surface area contributed by atoms with E-state index >= 15 is 0 Å². The second-order valence-electron chi connectivity index (χ2n) is 9.96. The number of rotatable bonds is 6. The monoisotopic (exact) mass is 539 g/mol. The van der Waals surface area contributed by atoms with Crippen LogP contribution in [0.25, 0.3) is 11.1 Å². The van der Waals surface area contributed by atoms with Gasteiger partial charge in [-0.05, 0) is 29.0 Å². The highest BCUT2D eigenvalue weighted by molar-refractivity contribution is 7.09. The molecule has 0 amide bonds. The first kappa shape index (κ1) is 23.7. The molecule has 1 atom stereocenters. The molecule has 3 aromatic rings. The quantitative estimate of drug-likeness (QED) is 0.383. The maximum Gasteiger partial charge on any atom is 0.348 e. The molecule has 6 heteroatoms. The van der Waals surface area contributed by atoms with Crippen LogP contribution in [0.5, 0.6) is 0 Å². The van der Waals surface area contributed by atoms with E-state index in [2.05, 4.69) is 17.5 Å². The molecule has 3 saturated heterocycles. The summed E-state index contributed by atoms with van der Waals surface area (Å²) in [4.78, 5) is 15.1. The Morgan fingerprint density at radius 3 is 2.26 bits per heavy atom. The van der Waals surface area contributed by atoms with E-state index < -0.39 is 11.6 Å². The number of hydrogen-bond acceptors (Lipinski definition) is 4. The number of esters is 1. The van der Waals surface area contributed by atoms with E-state index in [-0.39, 0.29) is 23.1 Å². The number of thiophene rings is 1. The first-order valence-electron chi connectivity index (χ1n) is 12.1. The van der Waals surface area contributed by atoms with Crippen molar-refractivity contribution in [3.05, 3.63) is 82.0 Å². The number of aliphatic hydroxyl groups is 1. The molecule has 1 N–H and O–H groups in total. The molecule has 0 unspecified atom stereocenters. The number of quaternary nitrogens is 1. The summed E-state index contributed by atoms with van der Waals surface area (Å²) in [6.07, 6.45) is 4.37. The highest BCUT2D eigenvalue weighted by Gasteiger charge is 2.53. The van der Waals surface area contributed by atoms with Gasteiger partial charge in [-0.1, -0.05) is 54.6 Å². The summed E-state index contributed by atoms with van der Waals surface area (Å²) in [5, 5.41) is 13.9. The van der Waals surface area contributed by atoms with E-state index in [4.69, 9.17) is 4.74 Å². The molecule has 0 radical (unpaired) electrons. The lowest BCUT2D eigenvalue weighted by molar-refractivity contribution is -0.946. The summed E-state index contributed by atoms with van der Waals surface area (Å²) in [6, 6.07) is 19.7. The molecule has 4 heterocycles. The largest absolute Gasteiger partial charge is 1.00 e. The molecule has 7 rings (SSSR count). The highest BCUT2D eigenvalue weighted by atomic mass is 79.9. The SMILES string of the molecule is O=C(O[C@H]1C[N+]2(CCCc3cccs3)CCC1CC2)C1(O)c2ccccc2-c2ccccc21.[Br-]. The van der Waals surface area contributed by atoms with Crippen LogP contribution in [0.2, 0.25) is 0 Å². The van der Waals surface area contributed by atoms with Crippen LogP contribution in [0.1, 0.15) is 35.3 Å². The Hall–Kier alpha value is -1.99. The summed E-state index contributed by atoms with van der Waals surface area (Å²) < 4.78 is 7.25. The third kappa shape index (κ3) is 3.85. The molecule has 0 saturated carbocycles. The Morgan fingerprint density at radius 1 is 1.00 bits per heavy atom. The Balaban J connectivity index is 0.00000241. The Morgan fingerprint density at radius 2 is 1.65 bits per heavy atom. The van der Waals surface area contributed by atoms with Crippen LogP contribution in [-0.4, -0.2) is 47.8 Å². The van der Waals surface area contributed by atoms with E-state index in [1.165, 1.54) is 18.0 Å². The molecule has 3 fully saturated rings. The van der Waals surface area contributed by atoms with Crippen LogP contribution in [0.15, 0.2) is 66.0 Å². The second kappa shape index (κ2) is 9.23. The van der Waals surface area contributed by atoms with E-state index in [1.807, 2.05) is 59.9 Å². The number of aryl methyl sites for hydroxylation is 1. The molecular weight excluding hydrogens is 510 g/mol. The summed E-state index contributed by atoms with van der Waals surface area (Å²) in [7, 11) is 0. The zero-order valence-electron chi connectivity index (χ0n) is 19.2. The first-order chi connectivity index (χ1) is 16.1. The van der Waals surface area contributed by atoms with Crippen LogP contribution in [0, 0.1) is 5.92 Å². The molecule has 3 aliphatic heterocycles. The molecular formula is C28H30BrNO3S. The van der Waals surface area contributed by atoms with Gasteiger partial charge >= 0.3 is 5.97 Å². The molecule has 4 aliphatic rings. The van der Waals surface area contributed by atoms with Crippen molar-refractivity contribution in [3.63, 3.8) is 0 Å². The highest BCUT2D eigenvalue weighted by Crippen LogP contribution is 2.48. The Labute approximate surface area is 215 Å². The van der Waals surface area contributed by atoms with Crippen molar-refractivity contribution < 1.29 is 36.1 Å². The van der Waals surface area contributed by atoms with Crippen molar-refractivity contribution in [2.75, 3.05) is 26.2 Å². The van der Waals surface area contributed by atoms with Crippen LogP contribution >= 0.6 is 11.3 Å². The average Bonchev–Trinajstić information content (AvgIpc) is 3.46. The van der Waals surface area contributed by atoms with Crippen LogP contribution < -0.4 is 17.0 Å². The number of benzene rings is 2. The second-order valence-corrected chi connectivity index (χ2v) is 11.0. The fourth-order valence-electron chi connectivity index (χ4n) is 6.37. The number of carbonyl (C=O) groups excluding carboxylic acids is 1. The number of hydrogen-bond donors (Lipinski definition) is 1. The molecule has 2 aromatic carbocycles. The number of nitrogens with zero attached hydrogens (tertiary/aromatic N) is 1. The van der Waals surface area contributed by atoms with Gasteiger partial charge in [0.2, 0.25) is 5.60 Å². The van der Waals surface area contributed by atoms with Crippen LogP contribution in [0.3, 0.4) is 0 Å². The van der Waals surface area contributed by atoms with Gasteiger partial charge in [0.1, 0.15) is 6.54 Å². The number of ether oxygens (including phenoxy) is 1. The minimum atomic E-state index is -1.73. The van der Waals surface area contributed by atoms with E-state index in [0.717, 1.165) is 54.4 Å². The van der Waals surface area contributed by atoms with Gasteiger partial charge in [-0.2, -0.15) is 0 Å². The molecule has 178 valence electrons. The van der Waals surface area contributed by atoms with Crippen LogP contribution in [0.4, 0.5) is 0 Å². The predicted octanol–water partition coefficient (Wildman–Crippen LogP) is 1.75. The molecule has 1 aliphatic carbocycles. The van der Waals surface area contributed by atoms with E-state index in [1.54, 1.807) is 0 Å². The molecule has 0 spiro atoms. The number of halogens is 1. The topological polar surface area (TPSA) is 46.5 Å². The van der Waals surface area contributed by atoms with Gasteiger partial charge in [-0.25, -0.2) is 4.79 Å². The predicted molar refractivity (Wildman–Crippen MR) is 130 cm³/mol. The maximum absolute atomic E-state index is 13.6. The van der Waals surface area contributed by atoms with Crippen molar-refractivity contribution in [2.45, 2.75) is 37.4 Å². The van der Waals surface area contributed by atoms with Crippen molar-refractivity contribution in [2.24, 2.45) is 5.92 Å². The number of fused-ring (bicyclic) bond motifs is 6. The summed E-state index contributed by atoms with van der Waals surface area (Å²) in [5.41, 5.74) is 1.37. The lowest BCUT2D eigenvalue weighted by Gasteiger charge is -2.52. The summed E-state index contributed by atoms with van der Waals surface area (Å²) >= 11 is 1.83. The van der Waals surface area contributed by atoms with Gasteiger partial charge < -0.3 is 31.3 Å². The number of piperidine rings is 3. The fraction of sp³-hybridized carbons (Fsp3) is 0.393. The third-order valence-electron chi connectivity index (χ3n) is 8.15. The summed E-state index contributed by atoms with van der Waals surface area (Å²) in [6.45, 7) is 4.37. The van der Waals surface area contributed by atoms with Crippen molar-refractivity contribution in [1.82, 2.24) is 0 Å². The molecule has 2 bridgehead atoms. The molecule has 4 nitrogen and oxygen atoms in total. The molecule has 1 aromatic heterocycles. The Bertz CT molecular complexity index is 1120. The third-order valence-corrected chi connectivity index (χ3v) is 9.09. The number of carbonyl (C=O) groups is 1.